The van der Waals surface area contributed by atoms with Crippen molar-refractivity contribution in [3.63, 3.8) is 0 Å². The Labute approximate surface area is 101 Å². The van der Waals surface area contributed by atoms with E-state index in [1.807, 2.05) is 6.07 Å². The van der Waals surface area contributed by atoms with Crippen molar-refractivity contribution >= 4 is 38.9 Å². The molecule has 0 bridgehead atoms. The quantitative estimate of drug-likeness (QED) is 0.858. The summed E-state index contributed by atoms with van der Waals surface area (Å²) in [5.41, 5.74) is 0. The van der Waals surface area contributed by atoms with Gasteiger partial charge in [-0.2, -0.15) is 0 Å². The van der Waals surface area contributed by atoms with Gasteiger partial charge in [0.1, 0.15) is 0 Å². The minimum atomic E-state index is -0.314. The van der Waals surface area contributed by atoms with E-state index >= 15 is 0 Å². The lowest BCUT2D eigenvalue weighted by Gasteiger charge is -2.15. The van der Waals surface area contributed by atoms with Crippen molar-refractivity contribution in [3.8, 4) is 0 Å². The fraction of sp³-hybridized carbons (Fsp3) is 0.600. The van der Waals surface area contributed by atoms with Gasteiger partial charge in [-0.25, -0.2) is 0 Å². The second kappa shape index (κ2) is 4.52. The minimum Gasteiger partial charge on any atom is -0.387 e. The Morgan fingerprint density at radius 2 is 2.14 bits per heavy atom. The third-order valence-corrected chi connectivity index (χ3v) is 5.35. The fourth-order valence-electron chi connectivity index (χ4n) is 2.01. The number of thiophene rings is 1. The SMILES string of the molecule is OC(c1cc(Cl)c(Br)s1)C1CCCC1. The van der Waals surface area contributed by atoms with Gasteiger partial charge in [-0.3, -0.25) is 0 Å². The number of hydrogen-bond acceptors (Lipinski definition) is 2. The smallest absolute Gasteiger partial charge is 0.0910 e. The topological polar surface area (TPSA) is 20.2 Å². The number of hydrogen-bond donors (Lipinski definition) is 1. The van der Waals surface area contributed by atoms with E-state index in [4.69, 9.17) is 11.6 Å². The van der Waals surface area contributed by atoms with Gasteiger partial charge < -0.3 is 5.11 Å². The summed E-state index contributed by atoms with van der Waals surface area (Å²) in [7, 11) is 0. The van der Waals surface area contributed by atoms with Gasteiger partial charge >= 0.3 is 0 Å². The number of rotatable bonds is 2. The molecule has 1 unspecified atom stereocenters. The van der Waals surface area contributed by atoms with Crippen molar-refractivity contribution in [1.82, 2.24) is 0 Å². The Morgan fingerprint density at radius 1 is 1.50 bits per heavy atom. The van der Waals surface area contributed by atoms with Crippen LogP contribution >= 0.6 is 38.9 Å². The molecule has 1 fully saturated rings. The molecule has 0 radical (unpaired) electrons. The van der Waals surface area contributed by atoms with Crippen molar-refractivity contribution in [1.29, 1.82) is 0 Å². The molecule has 1 N–H and O–H groups in total. The predicted molar refractivity (Wildman–Crippen MR) is 63.9 cm³/mol. The second-order valence-corrected chi connectivity index (χ2v) is 6.57. The van der Waals surface area contributed by atoms with E-state index in [-0.39, 0.29) is 6.10 Å². The first-order valence-electron chi connectivity index (χ1n) is 4.81. The molecule has 14 heavy (non-hydrogen) atoms. The van der Waals surface area contributed by atoms with Crippen LogP contribution in [0, 0.1) is 5.92 Å². The second-order valence-electron chi connectivity index (χ2n) is 3.76. The summed E-state index contributed by atoms with van der Waals surface area (Å²) in [6.07, 6.45) is 4.48. The first kappa shape index (κ1) is 10.9. The lowest BCUT2D eigenvalue weighted by Crippen LogP contribution is -2.06. The average molecular weight is 296 g/mol. The zero-order valence-corrected chi connectivity index (χ0v) is 10.8. The number of halogens is 2. The van der Waals surface area contributed by atoms with E-state index in [1.54, 1.807) is 11.3 Å². The van der Waals surface area contributed by atoms with E-state index in [2.05, 4.69) is 15.9 Å². The summed E-state index contributed by atoms with van der Waals surface area (Å²) in [6.45, 7) is 0. The van der Waals surface area contributed by atoms with Crippen LogP contribution in [0.2, 0.25) is 5.02 Å². The van der Waals surface area contributed by atoms with Gasteiger partial charge in [0.2, 0.25) is 0 Å². The maximum atomic E-state index is 10.1. The first-order valence-corrected chi connectivity index (χ1v) is 6.80. The summed E-state index contributed by atoms with van der Waals surface area (Å²) in [4.78, 5) is 0.994. The monoisotopic (exact) mass is 294 g/mol. The molecule has 1 atom stereocenters. The van der Waals surface area contributed by atoms with Gasteiger partial charge in [-0.1, -0.05) is 24.4 Å². The molecule has 0 saturated heterocycles. The Morgan fingerprint density at radius 3 is 2.64 bits per heavy atom. The van der Waals surface area contributed by atoms with Gasteiger partial charge in [0.25, 0.3) is 0 Å². The molecule has 0 amide bonds. The van der Waals surface area contributed by atoms with Crippen LogP contribution in [0.5, 0.6) is 0 Å². The average Bonchev–Trinajstić information content (AvgIpc) is 2.76. The molecule has 1 aliphatic carbocycles. The van der Waals surface area contributed by atoms with Crippen LogP contribution < -0.4 is 0 Å². The molecule has 1 aromatic heterocycles. The first-order chi connectivity index (χ1) is 6.68. The minimum absolute atomic E-state index is 0.314. The number of aliphatic hydroxyl groups excluding tert-OH is 1. The van der Waals surface area contributed by atoms with Crippen LogP contribution in [0.15, 0.2) is 9.85 Å². The molecule has 1 aliphatic rings. The van der Waals surface area contributed by atoms with E-state index in [1.165, 1.54) is 12.8 Å². The molecule has 1 saturated carbocycles. The summed E-state index contributed by atoms with van der Waals surface area (Å²) < 4.78 is 0.922. The van der Waals surface area contributed by atoms with Crippen LogP contribution in [-0.4, -0.2) is 5.11 Å². The zero-order chi connectivity index (χ0) is 10.1. The van der Waals surface area contributed by atoms with Gasteiger partial charge in [0.15, 0.2) is 0 Å². The van der Waals surface area contributed by atoms with Gasteiger partial charge in [-0.15, -0.1) is 11.3 Å². The van der Waals surface area contributed by atoms with E-state index in [9.17, 15) is 5.11 Å². The Bertz CT molecular complexity index is 300. The van der Waals surface area contributed by atoms with Crippen molar-refractivity contribution < 1.29 is 5.11 Å². The fourth-order valence-corrected chi connectivity index (χ4v) is 3.84. The van der Waals surface area contributed by atoms with Crippen LogP contribution in [0.1, 0.15) is 36.7 Å². The van der Waals surface area contributed by atoms with E-state index in [0.717, 1.165) is 21.5 Å². The molecule has 0 spiro atoms. The Hall–Kier alpha value is 0.430. The van der Waals surface area contributed by atoms with Crippen molar-refractivity contribution in [2.45, 2.75) is 31.8 Å². The number of aliphatic hydroxyl groups is 1. The van der Waals surface area contributed by atoms with Crippen LogP contribution in [0.4, 0.5) is 0 Å². The standard InChI is InChI=1S/C10H12BrClOS/c11-10-7(12)5-8(14-10)9(13)6-3-1-2-4-6/h5-6,9,13H,1-4H2. The molecule has 2 rings (SSSR count). The maximum absolute atomic E-state index is 10.1. The van der Waals surface area contributed by atoms with Crippen molar-refractivity contribution in [3.05, 3.63) is 19.8 Å². The highest BCUT2D eigenvalue weighted by atomic mass is 79.9. The highest BCUT2D eigenvalue weighted by Gasteiger charge is 2.26. The molecular weight excluding hydrogens is 284 g/mol. The lowest BCUT2D eigenvalue weighted by atomic mass is 10.00. The van der Waals surface area contributed by atoms with E-state index < -0.39 is 0 Å². The normalized spacial score (nSPS) is 20.2. The molecule has 78 valence electrons. The van der Waals surface area contributed by atoms with E-state index in [0.29, 0.717) is 10.9 Å². The highest BCUT2D eigenvalue weighted by molar-refractivity contribution is 9.11. The third-order valence-electron chi connectivity index (χ3n) is 2.80. The largest absolute Gasteiger partial charge is 0.387 e. The molecule has 4 heteroatoms. The maximum Gasteiger partial charge on any atom is 0.0910 e. The van der Waals surface area contributed by atoms with Crippen LogP contribution in [-0.2, 0) is 0 Å². The van der Waals surface area contributed by atoms with Gasteiger partial charge in [0, 0.05) is 4.88 Å². The molecular formula is C10H12BrClOS. The summed E-state index contributed by atoms with van der Waals surface area (Å²) in [6, 6.07) is 1.87. The third kappa shape index (κ3) is 2.16. The zero-order valence-electron chi connectivity index (χ0n) is 7.67. The van der Waals surface area contributed by atoms with Crippen molar-refractivity contribution in [2.75, 3.05) is 0 Å². The summed E-state index contributed by atoms with van der Waals surface area (Å²) >= 11 is 10.8. The van der Waals surface area contributed by atoms with Gasteiger partial charge in [0.05, 0.1) is 14.9 Å². The van der Waals surface area contributed by atoms with Gasteiger partial charge in [-0.05, 0) is 40.8 Å². The predicted octanol–water partition coefficient (Wildman–Crippen LogP) is 4.39. The molecule has 0 aliphatic heterocycles. The Kier molecular flexibility index (Phi) is 3.53. The molecule has 1 nitrogen and oxygen atoms in total. The van der Waals surface area contributed by atoms with Crippen LogP contribution in [0.25, 0.3) is 0 Å². The molecule has 1 heterocycles. The highest BCUT2D eigenvalue weighted by Crippen LogP contribution is 2.41. The molecule has 1 aromatic rings. The lowest BCUT2D eigenvalue weighted by molar-refractivity contribution is 0.115. The van der Waals surface area contributed by atoms with Crippen molar-refractivity contribution in [2.24, 2.45) is 5.92 Å². The summed E-state index contributed by atoms with van der Waals surface area (Å²) in [5.74, 6) is 0.441. The van der Waals surface area contributed by atoms with Crippen LogP contribution in [0.3, 0.4) is 0 Å². The summed E-state index contributed by atoms with van der Waals surface area (Å²) in [5, 5.41) is 10.8. The molecule has 0 aromatic carbocycles. The Balaban J connectivity index is 2.13.